The lowest BCUT2D eigenvalue weighted by molar-refractivity contribution is 0.0948. The molecule has 6 heteroatoms. The SMILES string of the molecule is O=C(NCCc1ccccc1F)c1ccc(Cl)nn1. The van der Waals surface area contributed by atoms with Gasteiger partial charge < -0.3 is 5.32 Å². The van der Waals surface area contributed by atoms with Crippen molar-refractivity contribution in [1.29, 1.82) is 0 Å². The maximum atomic E-state index is 13.3. The van der Waals surface area contributed by atoms with Gasteiger partial charge in [-0.05, 0) is 30.2 Å². The van der Waals surface area contributed by atoms with Gasteiger partial charge >= 0.3 is 0 Å². The molecular formula is C13H11ClFN3O. The van der Waals surface area contributed by atoms with Gasteiger partial charge in [-0.25, -0.2) is 4.39 Å². The molecule has 19 heavy (non-hydrogen) atoms. The summed E-state index contributed by atoms with van der Waals surface area (Å²) in [6, 6.07) is 9.42. The number of aromatic nitrogens is 2. The molecule has 0 radical (unpaired) electrons. The number of nitrogens with zero attached hydrogens (tertiary/aromatic N) is 2. The maximum absolute atomic E-state index is 13.3. The number of carbonyl (C=O) groups is 1. The predicted octanol–water partition coefficient (Wildman–Crippen LogP) is 2.24. The fourth-order valence-corrected chi connectivity index (χ4v) is 1.64. The van der Waals surface area contributed by atoms with Crippen LogP contribution in [0.4, 0.5) is 4.39 Å². The zero-order valence-electron chi connectivity index (χ0n) is 9.94. The Morgan fingerprint density at radius 1 is 1.21 bits per heavy atom. The van der Waals surface area contributed by atoms with Crippen molar-refractivity contribution in [2.75, 3.05) is 6.54 Å². The van der Waals surface area contributed by atoms with Gasteiger partial charge in [-0.1, -0.05) is 29.8 Å². The van der Waals surface area contributed by atoms with Gasteiger partial charge in [0.15, 0.2) is 10.8 Å². The summed E-state index contributed by atoms with van der Waals surface area (Å²) in [6.45, 7) is 0.323. The molecule has 0 saturated heterocycles. The standard InChI is InChI=1S/C13H11ClFN3O/c14-12-6-5-11(17-18-12)13(19)16-8-7-9-3-1-2-4-10(9)15/h1-6H,7-8H2,(H,16,19). The lowest BCUT2D eigenvalue weighted by Gasteiger charge is -2.05. The van der Waals surface area contributed by atoms with Crippen LogP contribution in [-0.4, -0.2) is 22.6 Å². The number of hydrogen-bond donors (Lipinski definition) is 1. The molecule has 1 N–H and O–H groups in total. The highest BCUT2D eigenvalue weighted by Gasteiger charge is 2.07. The normalized spacial score (nSPS) is 10.2. The molecule has 1 heterocycles. The minimum absolute atomic E-state index is 0.179. The molecule has 0 saturated carbocycles. The number of benzene rings is 1. The van der Waals surface area contributed by atoms with E-state index in [1.165, 1.54) is 18.2 Å². The molecule has 98 valence electrons. The topological polar surface area (TPSA) is 54.9 Å². The molecule has 1 aromatic heterocycles. The molecule has 0 fully saturated rings. The zero-order valence-corrected chi connectivity index (χ0v) is 10.7. The second-order valence-corrected chi connectivity index (χ2v) is 4.23. The monoisotopic (exact) mass is 279 g/mol. The highest BCUT2D eigenvalue weighted by molar-refractivity contribution is 6.29. The molecule has 0 spiro atoms. The summed E-state index contributed by atoms with van der Waals surface area (Å²) < 4.78 is 13.3. The lowest BCUT2D eigenvalue weighted by Crippen LogP contribution is -2.26. The molecule has 0 aliphatic carbocycles. The van der Waals surface area contributed by atoms with Crippen molar-refractivity contribution in [3.05, 3.63) is 58.6 Å². The van der Waals surface area contributed by atoms with Gasteiger partial charge in [-0.3, -0.25) is 4.79 Å². The molecule has 0 bridgehead atoms. The van der Waals surface area contributed by atoms with E-state index in [2.05, 4.69) is 15.5 Å². The summed E-state index contributed by atoms with van der Waals surface area (Å²) in [7, 11) is 0. The first-order valence-corrected chi connectivity index (χ1v) is 6.05. The molecule has 0 atom stereocenters. The zero-order chi connectivity index (χ0) is 13.7. The summed E-state index contributed by atoms with van der Waals surface area (Å²) in [5.74, 6) is -0.636. The Kier molecular flexibility index (Phi) is 4.41. The van der Waals surface area contributed by atoms with E-state index in [1.807, 2.05) is 0 Å². The van der Waals surface area contributed by atoms with Crippen LogP contribution in [0.1, 0.15) is 16.1 Å². The summed E-state index contributed by atoms with van der Waals surface area (Å²) in [4.78, 5) is 11.7. The molecule has 2 aromatic rings. The Morgan fingerprint density at radius 2 is 2.00 bits per heavy atom. The number of hydrogen-bond acceptors (Lipinski definition) is 3. The number of amides is 1. The number of carbonyl (C=O) groups excluding carboxylic acids is 1. The van der Waals surface area contributed by atoms with Crippen LogP contribution in [0.5, 0.6) is 0 Å². The van der Waals surface area contributed by atoms with E-state index < -0.39 is 0 Å². The lowest BCUT2D eigenvalue weighted by atomic mass is 10.1. The molecule has 1 aromatic carbocycles. The van der Waals surface area contributed by atoms with Crippen molar-refractivity contribution >= 4 is 17.5 Å². The van der Waals surface area contributed by atoms with Crippen LogP contribution in [0.3, 0.4) is 0 Å². The number of halogens is 2. The van der Waals surface area contributed by atoms with Crippen molar-refractivity contribution in [1.82, 2.24) is 15.5 Å². The van der Waals surface area contributed by atoms with E-state index in [-0.39, 0.29) is 22.6 Å². The Bertz CT molecular complexity index is 574. The fourth-order valence-electron chi connectivity index (χ4n) is 1.54. The van der Waals surface area contributed by atoms with E-state index in [1.54, 1.807) is 18.2 Å². The van der Waals surface area contributed by atoms with Gasteiger partial charge in [0.2, 0.25) is 0 Å². The van der Waals surface area contributed by atoms with E-state index in [4.69, 9.17) is 11.6 Å². The van der Waals surface area contributed by atoms with Crippen molar-refractivity contribution in [2.24, 2.45) is 0 Å². The quantitative estimate of drug-likeness (QED) is 0.934. The smallest absolute Gasteiger partial charge is 0.271 e. The van der Waals surface area contributed by atoms with Crippen LogP contribution in [0, 0.1) is 5.82 Å². The minimum atomic E-state index is -0.361. The second kappa shape index (κ2) is 6.24. The van der Waals surface area contributed by atoms with E-state index in [9.17, 15) is 9.18 Å². The Morgan fingerprint density at radius 3 is 2.68 bits per heavy atom. The summed E-state index contributed by atoms with van der Waals surface area (Å²) in [5.41, 5.74) is 0.739. The van der Waals surface area contributed by atoms with Crippen LogP contribution in [0.25, 0.3) is 0 Å². The second-order valence-electron chi connectivity index (χ2n) is 3.84. The summed E-state index contributed by atoms with van der Waals surface area (Å²) >= 11 is 5.57. The summed E-state index contributed by atoms with van der Waals surface area (Å²) in [5, 5.41) is 10.1. The Labute approximate surface area is 114 Å². The van der Waals surface area contributed by atoms with Gasteiger partial charge in [0, 0.05) is 6.54 Å². The Balaban J connectivity index is 1.88. The average molecular weight is 280 g/mol. The van der Waals surface area contributed by atoms with Crippen molar-refractivity contribution in [2.45, 2.75) is 6.42 Å². The fraction of sp³-hybridized carbons (Fsp3) is 0.154. The third-order valence-electron chi connectivity index (χ3n) is 2.50. The maximum Gasteiger partial charge on any atom is 0.271 e. The van der Waals surface area contributed by atoms with E-state index in [0.29, 0.717) is 18.5 Å². The van der Waals surface area contributed by atoms with E-state index >= 15 is 0 Å². The number of rotatable bonds is 4. The molecule has 0 aliphatic heterocycles. The third-order valence-corrected chi connectivity index (χ3v) is 2.70. The van der Waals surface area contributed by atoms with Crippen molar-refractivity contribution < 1.29 is 9.18 Å². The van der Waals surface area contributed by atoms with Crippen LogP contribution >= 0.6 is 11.6 Å². The van der Waals surface area contributed by atoms with E-state index in [0.717, 1.165) is 0 Å². The first-order chi connectivity index (χ1) is 9.16. The molecular weight excluding hydrogens is 269 g/mol. The predicted molar refractivity (Wildman–Crippen MR) is 69.5 cm³/mol. The molecule has 0 aliphatic rings. The number of nitrogens with one attached hydrogen (secondary N) is 1. The highest BCUT2D eigenvalue weighted by atomic mass is 35.5. The van der Waals surface area contributed by atoms with Crippen LogP contribution in [0.2, 0.25) is 5.15 Å². The minimum Gasteiger partial charge on any atom is -0.350 e. The highest BCUT2D eigenvalue weighted by Crippen LogP contribution is 2.06. The van der Waals surface area contributed by atoms with Crippen molar-refractivity contribution in [3.63, 3.8) is 0 Å². The summed E-state index contributed by atoms with van der Waals surface area (Å²) in [6.07, 6.45) is 0.416. The molecule has 1 amide bonds. The van der Waals surface area contributed by atoms with Gasteiger partial charge in [-0.15, -0.1) is 10.2 Å². The van der Waals surface area contributed by atoms with Gasteiger partial charge in [0.1, 0.15) is 5.82 Å². The Hall–Kier alpha value is -2.01. The van der Waals surface area contributed by atoms with Crippen LogP contribution < -0.4 is 5.32 Å². The van der Waals surface area contributed by atoms with Crippen LogP contribution in [0.15, 0.2) is 36.4 Å². The first-order valence-electron chi connectivity index (χ1n) is 5.67. The van der Waals surface area contributed by atoms with Crippen LogP contribution in [-0.2, 0) is 6.42 Å². The van der Waals surface area contributed by atoms with Gasteiger partial charge in [0.05, 0.1) is 0 Å². The molecule has 0 unspecified atom stereocenters. The van der Waals surface area contributed by atoms with Crippen molar-refractivity contribution in [3.8, 4) is 0 Å². The first kappa shape index (κ1) is 13.4. The largest absolute Gasteiger partial charge is 0.350 e. The van der Waals surface area contributed by atoms with Gasteiger partial charge in [0.25, 0.3) is 5.91 Å². The molecule has 2 rings (SSSR count). The third kappa shape index (κ3) is 3.72. The molecule has 4 nitrogen and oxygen atoms in total. The van der Waals surface area contributed by atoms with Gasteiger partial charge in [-0.2, -0.15) is 0 Å². The average Bonchev–Trinajstić information content (AvgIpc) is 2.41.